The van der Waals surface area contributed by atoms with Crippen molar-refractivity contribution in [3.63, 3.8) is 0 Å². The Morgan fingerprint density at radius 1 is 0.508 bits per heavy atom. The van der Waals surface area contributed by atoms with Gasteiger partial charge < -0.3 is 20.3 Å². The van der Waals surface area contributed by atoms with Crippen molar-refractivity contribution in [2.45, 2.75) is 193 Å². The summed E-state index contributed by atoms with van der Waals surface area (Å²) >= 11 is 0. The SMILES string of the molecule is CC/C=C/C=C/C=C\C=C/C=C/CCCCCC(=O)OC(CCC/C=C/C=C\C=C/C=C/C=C/CC)CC(=O)NC(CO)C(O)CCCCCCCCCCCCCC. The summed E-state index contributed by atoms with van der Waals surface area (Å²) < 4.78 is 5.85. The number of carbonyl (C=O) groups excluding carboxylic acids is 2. The second kappa shape index (κ2) is 45.3. The molecule has 3 atom stereocenters. The zero-order chi connectivity index (χ0) is 43.1. The number of aliphatic hydroxyl groups is 2. The zero-order valence-corrected chi connectivity index (χ0v) is 37.6. The fourth-order valence-corrected chi connectivity index (χ4v) is 6.30. The van der Waals surface area contributed by atoms with Crippen molar-refractivity contribution in [3.8, 4) is 0 Å². The maximum atomic E-state index is 13.1. The normalized spacial score (nSPS) is 14.5. The number of nitrogens with one attached hydrogen (secondary N) is 1. The van der Waals surface area contributed by atoms with E-state index in [1.807, 2.05) is 97.2 Å². The van der Waals surface area contributed by atoms with Gasteiger partial charge in [-0.25, -0.2) is 0 Å². The molecular formula is C53H85NO5. The van der Waals surface area contributed by atoms with Crippen LogP contribution in [0.3, 0.4) is 0 Å². The molecule has 6 heteroatoms. The molecule has 3 N–H and O–H groups in total. The van der Waals surface area contributed by atoms with E-state index in [-0.39, 0.29) is 24.9 Å². The molecule has 0 aliphatic carbocycles. The molecule has 0 saturated carbocycles. The molecule has 0 aliphatic heterocycles. The Bertz CT molecular complexity index is 1280. The summed E-state index contributed by atoms with van der Waals surface area (Å²) in [7, 11) is 0. The van der Waals surface area contributed by atoms with Crippen molar-refractivity contribution in [3.05, 3.63) is 122 Å². The summed E-state index contributed by atoms with van der Waals surface area (Å²) in [6.07, 6.45) is 62.5. The summed E-state index contributed by atoms with van der Waals surface area (Å²) in [5, 5.41) is 23.6. The molecule has 0 fully saturated rings. The number of allylic oxidation sites excluding steroid dienone is 20. The molecule has 3 unspecified atom stereocenters. The highest BCUT2D eigenvalue weighted by Crippen LogP contribution is 2.16. The minimum atomic E-state index is -0.821. The molecule has 0 radical (unpaired) electrons. The highest BCUT2D eigenvalue weighted by Gasteiger charge is 2.24. The molecule has 0 aromatic heterocycles. The number of esters is 1. The summed E-state index contributed by atoms with van der Waals surface area (Å²) in [6, 6.07) is -0.741. The Kier molecular flexibility index (Phi) is 42.5. The summed E-state index contributed by atoms with van der Waals surface area (Å²) in [5.41, 5.74) is 0. The van der Waals surface area contributed by atoms with Crippen LogP contribution in [0.25, 0.3) is 0 Å². The van der Waals surface area contributed by atoms with E-state index in [1.54, 1.807) is 0 Å². The van der Waals surface area contributed by atoms with Crippen LogP contribution in [0.4, 0.5) is 0 Å². The minimum absolute atomic E-state index is 0.00261. The van der Waals surface area contributed by atoms with Crippen LogP contribution in [0.15, 0.2) is 122 Å². The van der Waals surface area contributed by atoms with Crippen LogP contribution < -0.4 is 5.32 Å². The van der Waals surface area contributed by atoms with Gasteiger partial charge in [0.05, 0.1) is 25.2 Å². The average molecular weight is 816 g/mol. The number of ether oxygens (including phenoxy) is 1. The van der Waals surface area contributed by atoms with Gasteiger partial charge in [0.25, 0.3) is 0 Å². The number of rotatable bonds is 39. The Morgan fingerprint density at radius 2 is 0.932 bits per heavy atom. The lowest BCUT2D eigenvalue weighted by atomic mass is 10.0. The Hall–Kier alpha value is -3.74. The number of aliphatic hydroxyl groups excluding tert-OH is 2. The molecule has 0 aromatic rings. The molecular weight excluding hydrogens is 731 g/mol. The maximum absolute atomic E-state index is 13.1. The van der Waals surface area contributed by atoms with Crippen LogP contribution in [0.2, 0.25) is 0 Å². The molecule has 0 bridgehead atoms. The smallest absolute Gasteiger partial charge is 0.306 e. The molecule has 332 valence electrons. The standard InChI is InChI=1S/C53H85NO5/c1-4-7-10-13-16-19-22-25-26-28-31-34-37-40-43-46-53(58)59-49(44-41-38-35-32-29-27-23-20-17-14-11-8-5-2)47-52(57)54-50(48-55)51(56)45-42-39-36-33-30-24-21-18-15-12-9-6-3/h7-8,10-11,13-14,16-17,19-20,22-23,25-29,31-32,35,49-51,55-56H,4-6,9,12,15,18,21,24,30,33-34,36-48H2,1-3H3,(H,54,57)/b10-7+,11-8+,16-13+,17-14+,22-19-,23-20-,26-25-,29-27-,31-28+,35-32+. The second-order valence-electron chi connectivity index (χ2n) is 15.3. The van der Waals surface area contributed by atoms with Crippen molar-refractivity contribution >= 4 is 11.9 Å². The number of carbonyl (C=O) groups is 2. The van der Waals surface area contributed by atoms with Crippen LogP contribution >= 0.6 is 0 Å². The third-order valence-corrected chi connectivity index (χ3v) is 9.79. The maximum Gasteiger partial charge on any atom is 0.306 e. The van der Waals surface area contributed by atoms with E-state index in [0.29, 0.717) is 19.3 Å². The second-order valence-corrected chi connectivity index (χ2v) is 15.3. The third-order valence-electron chi connectivity index (χ3n) is 9.79. The van der Waals surface area contributed by atoms with Gasteiger partial charge in [-0.1, -0.05) is 226 Å². The summed E-state index contributed by atoms with van der Waals surface area (Å²) in [4.78, 5) is 26.0. The highest BCUT2D eigenvalue weighted by atomic mass is 16.5. The summed E-state index contributed by atoms with van der Waals surface area (Å²) in [6.45, 7) is 6.13. The van der Waals surface area contributed by atoms with E-state index in [1.165, 1.54) is 57.8 Å². The number of hydrogen-bond donors (Lipinski definition) is 3. The lowest BCUT2D eigenvalue weighted by Crippen LogP contribution is -2.46. The monoisotopic (exact) mass is 816 g/mol. The van der Waals surface area contributed by atoms with Crippen LogP contribution in [0, 0.1) is 0 Å². The number of hydrogen-bond acceptors (Lipinski definition) is 5. The molecule has 0 aromatic carbocycles. The third kappa shape index (κ3) is 40.8. The minimum Gasteiger partial charge on any atom is -0.462 e. The van der Waals surface area contributed by atoms with Gasteiger partial charge in [-0.2, -0.15) is 0 Å². The van der Waals surface area contributed by atoms with Gasteiger partial charge in [-0.05, 0) is 57.8 Å². The van der Waals surface area contributed by atoms with Crippen LogP contribution in [0.1, 0.15) is 175 Å². The number of amides is 1. The predicted octanol–water partition coefficient (Wildman–Crippen LogP) is 13.7. The first-order chi connectivity index (χ1) is 29.0. The van der Waals surface area contributed by atoms with Gasteiger partial charge >= 0.3 is 5.97 Å². The van der Waals surface area contributed by atoms with Gasteiger partial charge in [-0.3, -0.25) is 9.59 Å². The van der Waals surface area contributed by atoms with Crippen LogP contribution in [-0.2, 0) is 14.3 Å². The van der Waals surface area contributed by atoms with E-state index in [4.69, 9.17) is 4.74 Å². The first-order valence-corrected chi connectivity index (χ1v) is 23.4. The van der Waals surface area contributed by atoms with Crippen molar-refractivity contribution in [2.75, 3.05) is 6.61 Å². The first kappa shape index (κ1) is 55.3. The highest BCUT2D eigenvalue weighted by molar-refractivity contribution is 5.77. The fraction of sp³-hybridized carbons (Fsp3) is 0.585. The first-order valence-electron chi connectivity index (χ1n) is 23.4. The molecule has 59 heavy (non-hydrogen) atoms. The Morgan fingerprint density at radius 3 is 1.41 bits per heavy atom. The molecule has 0 aliphatic rings. The lowest BCUT2D eigenvalue weighted by Gasteiger charge is -2.24. The fourth-order valence-electron chi connectivity index (χ4n) is 6.30. The Balaban J connectivity index is 4.83. The van der Waals surface area contributed by atoms with Crippen LogP contribution in [-0.4, -0.2) is 46.9 Å². The van der Waals surface area contributed by atoms with E-state index in [0.717, 1.165) is 70.6 Å². The lowest BCUT2D eigenvalue weighted by molar-refractivity contribution is -0.151. The van der Waals surface area contributed by atoms with Gasteiger partial charge in [0.15, 0.2) is 0 Å². The largest absolute Gasteiger partial charge is 0.462 e. The predicted molar refractivity (Wildman–Crippen MR) is 254 cm³/mol. The van der Waals surface area contributed by atoms with Crippen LogP contribution in [0.5, 0.6) is 0 Å². The molecule has 0 rings (SSSR count). The quantitative estimate of drug-likeness (QED) is 0.0326. The van der Waals surface area contributed by atoms with Crippen molar-refractivity contribution in [1.82, 2.24) is 5.32 Å². The van der Waals surface area contributed by atoms with Crippen molar-refractivity contribution < 1.29 is 24.5 Å². The van der Waals surface area contributed by atoms with Gasteiger partial charge in [0.2, 0.25) is 5.91 Å². The molecule has 0 heterocycles. The van der Waals surface area contributed by atoms with E-state index < -0.39 is 18.2 Å². The van der Waals surface area contributed by atoms with Gasteiger partial charge in [-0.15, -0.1) is 0 Å². The van der Waals surface area contributed by atoms with Crippen molar-refractivity contribution in [1.29, 1.82) is 0 Å². The van der Waals surface area contributed by atoms with E-state index >= 15 is 0 Å². The molecule has 1 amide bonds. The van der Waals surface area contributed by atoms with Crippen molar-refractivity contribution in [2.24, 2.45) is 0 Å². The Labute approximate surface area is 361 Å². The van der Waals surface area contributed by atoms with E-state index in [2.05, 4.69) is 50.4 Å². The molecule has 6 nitrogen and oxygen atoms in total. The number of unbranched alkanes of at least 4 members (excludes halogenated alkanes) is 15. The summed E-state index contributed by atoms with van der Waals surface area (Å²) in [5.74, 6) is -0.612. The molecule has 0 saturated heterocycles. The zero-order valence-electron chi connectivity index (χ0n) is 37.6. The molecule has 0 spiro atoms. The van der Waals surface area contributed by atoms with Gasteiger partial charge in [0, 0.05) is 6.42 Å². The topological polar surface area (TPSA) is 95.9 Å². The van der Waals surface area contributed by atoms with Gasteiger partial charge in [0.1, 0.15) is 6.10 Å². The van der Waals surface area contributed by atoms with E-state index in [9.17, 15) is 19.8 Å². The average Bonchev–Trinajstić information content (AvgIpc) is 3.23.